The molecule has 5 nitrogen and oxygen atoms in total. The Bertz CT molecular complexity index is 449. The van der Waals surface area contributed by atoms with Crippen molar-refractivity contribution in [3.8, 4) is 11.3 Å². The van der Waals surface area contributed by atoms with Crippen LogP contribution in [0.4, 0.5) is 5.82 Å². The van der Waals surface area contributed by atoms with Crippen LogP contribution in [0.15, 0.2) is 24.8 Å². The summed E-state index contributed by atoms with van der Waals surface area (Å²) in [6, 6.07) is 0. The maximum absolute atomic E-state index is 5.56. The van der Waals surface area contributed by atoms with Crippen LogP contribution in [0.25, 0.3) is 11.3 Å². The summed E-state index contributed by atoms with van der Waals surface area (Å²) in [5.74, 6) is 0.427. The van der Waals surface area contributed by atoms with Crippen LogP contribution < -0.4 is 5.73 Å². The third kappa shape index (κ3) is 2.12. The Morgan fingerprint density at radius 2 is 2.20 bits per heavy atom. The fourth-order valence-electron chi connectivity index (χ4n) is 1.37. The molecule has 78 valence electrons. The zero-order chi connectivity index (χ0) is 10.7. The monoisotopic (exact) mass is 203 g/mol. The molecule has 0 saturated carbocycles. The first-order valence-corrected chi connectivity index (χ1v) is 4.90. The van der Waals surface area contributed by atoms with E-state index in [-0.39, 0.29) is 0 Å². The maximum Gasteiger partial charge on any atom is 0.142 e. The standard InChI is InChI=1S/C10H13N5/c1-2-3-15-7-8(4-13-15)9-5-12-6-10(11)14-9/h4-7H,2-3H2,1H3,(H2,11,14). The van der Waals surface area contributed by atoms with Crippen LogP contribution >= 0.6 is 0 Å². The normalized spacial score (nSPS) is 10.5. The van der Waals surface area contributed by atoms with Crippen molar-refractivity contribution in [2.45, 2.75) is 19.9 Å². The van der Waals surface area contributed by atoms with Crippen LogP contribution in [-0.4, -0.2) is 19.7 Å². The third-order valence-corrected chi connectivity index (χ3v) is 2.03. The molecule has 2 N–H and O–H groups in total. The van der Waals surface area contributed by atoms with E-state index in [0.29, 0.717) is 5.82 Å². The number of aryl methyl sites for hydroxylation is 1. The van der Waals surface area contributed by atoms with Crippen LogP contribution in [0, 0.1) is 0 Å². The predicted molar refractivity (Wildman–Crippen MR) is 58.0 cm³/mol. The van der Waals surface area contributed by atoms with Gasteiger partial charge in [0.1, 0.15) is 5.82 Å². The first-order chi connectivity index (χ1) is 7.29. The van der Waals surface area contributed by atoms with Gasteiger partial charge in [0.05, 0.1) is 24.3 Å². The van der Waals surface area contributed by atoms with Crippen LogP contribution in [-0.2, 0) is 6.54 Å². The number of rotatable bonds is 3. The second kappa shape index (κ2) is 4.08. The smallest absolute Gasteiger partial charge is 0.142 e. The summed E-state index contributed by atoms with van der Waals surface area (Å²) >= 11 is 0. The fraction of sp³-hybridized carbons (Fsp3) is 0.300. The fourth-order valence-corrected chi connectivity index (χ4v) is 1.37. The average Bonchev–Trinajstić information content (AvgIpc) is 2.67. The number of hydrogen-bond acceptors (Lipinski definition) is 4. The van der Waals surface area contributed by atoms with Crippen molar-refractivity contribution < 1.29 is 0 Å². The largest absolute Gasteiger partial charge is 0.382 e. The van der Waals surface area contributed by atoms with E-state index in [1.807, 2.05) is 10.9 Å². The topological polar surface area (TPSA) is 69.6 Å². The summed E-state index contributed by atoms with van der Waals surface area (Å²) in [5.41, 5.74) is 7.27. The van der Waals surface area contributed by atoms with Crippen LogP contribution in [0.3, 0.4) is 0 Å². The third-order valence-electron chi connectivity index (χ3n) is 2.03. The Kier molecular flexibility index (Phi) is 2.62. The minimum absolute atomic E-state index is 0.427. The van der Waals surface area contributed by atoms with E-state index in [2.05, 4.69) is 22.0 Å². The molecule has 0 fully saturated rings. The van der Waals surface area contributed by atoms with Crippen molar-refractivity contribution >= 4 is 5.82 Å². The molecule has 0 aliphatic carbocycles. The lowest BCUT2D eigenvalue weighted by Gasteiger charge is -1.97. The number of aromatic nitrogens is 4. The molecule has 0 bridgehead atoms. The molecule has 15 heavy (non-hydrogen) atoms. The van der Waals surface area contributed by atoms with Crippen molar-refractivity contribution in [2.75, 3.05) is 5.73 Å². The quantitative estimate of drug-likeness (QED) is 0.817. The van der Waals surface area contributed by atoms with Gasteiger partial charge in [0, 0.05) is 18.3 Å². The van der Waals surface area contributed by atoms with E-state index < -0.39 is 0 Å². The lowest BCUT2D eigenvalue weighted by Crippen LogP contribution is -1.95. The van der Waals surface area contributed by atoms with E-state index in [4.69, 9.17) is 5.73 Å². The van der Waals surface area contributed by atoms with Crippen LogP contribution in [0.1, 0.15) is 13.3 Å². The molecule has 0 aromatic carbocycles. The minimum atomic E-state index is 0.427. The van der Waals surface area contributed by atoms with Gasteiger partial charge in [-0.15, -0.1) is 0 Å². The van der Waals surface area contributed by atoms with Gasteiger partial charge >= 0.3 is 0 Å². The molecule has 2 aromatic heterocycles. The molecule has 2 rings (SSSR count). The van der Waals surface area contributed by atoms with Gasteiger partial charge in [-0.05, 0) is 6.42 Å². The molecule has 0 amide bonds. The van der Waals surface area contributed by atoms with Gasteiger partial charge in [0.15, 0.2) is 0 Å². The molecular formula is C10H13N5. The minimum Gasteiger partial charge on any atom is -0.382 e. The lowest BCUT2D eigenvalue weighted by molar-refractivity contribution is 0.603. The van der Waals surface area contributed by atoms with Crippen molar-refractivity contribution in [1.82, 2.24) is 19.7 Å². The Balaban J connectivity index is 2.29. The second-order valence-electron chi connectivity index (χ2n) is 3.32. The molecule has 2 aromatic rings. The maximum atomic E-state index is 5.56. The molecule has 0 saturated heterocycles. The molecule has 0 spiro atoms. The summed E-state index contributed by atoms with van der Waals surface area (Å²) in [6.07, 6.45) is 8.00. The van der Waals surface area contributed by atoms with Gasteiger partial charge in [0.2, 0.25) is 0 Å². The highest BCUT2D eigenvalue weighted by Gasteiger charge is 2.03. The highest BCUT2D eigenvalue weighted by molar-refractivity contribution is 5.57. The predicted octanol–water partition coefficient (Wildman–Crippen LogP) is 1.33. The first-order valence-electron chi connectivity index (χ1n) is 4.90. The van der Waals surface area contributed by atoms with E-state index in [0.717, 1.165) is 24.2 Å². The molecule has 0 aliphatic rings. The number of hydrogen-bond donors (Lipinski definition) is 1. The number of nitrogen functional groups attached to an aromatic ring is 1. The zero-order valence-corrected chi connectivity index (χ0v) is 8.59. The van der Waals surface area contributed by atoms with Crippen molar-refractivity contribution in [1.29, 1.82) is 0 Å². The van der Waals surface area contributed by atoms with Crippen molar-refractivity contribution in [3.05, 3.63) is 24.8 Å². The van der Waals surface area contributed by atoms with Gasteiger partial charge in [0.25, 0.3) is 0 Å². The molecule has 0 atom stereocenters. The van der Waals surface area contributed by atoms with E-state index >= 15 is 0 Å². The van der Waals surface area contributed by atoms with Gasteiger partial charge in [-0.3, -0.25) is 9.67 Å². The van der Waals surface area contributed by atoms with Gasteiger partial charge < -0.3 is 5.73 Å². The van der Waals surface area contributed by atoms with Gasteiger partial charge in [-0.1, -0.05) is 6.92 Å². The summed E-state index contributed by atoms with van der Waals surface area (Å²) < 4.78 is 1.89. The van der Waals surface area contributed by atoms with Crippen molar-refractivity contribution in [3.63, 3.8) is 0 Å². The molecular weight excluding hydrogens is 190 g/mol. The Morgan fingerprint density at radius 3 is 2.93 bits per heavy atom. The Morgan fingerprint density at radius 1 is 1.33 bits per heavy atom. The van der Waals surface area contributed by atoms with Crippen LogP contribution in [0.2, 0.25) is 0 Å². The zero-order valence-electron chi connectivity index (χ0n) is 8.59. The second-order valence-corrected chi connectivity index (χ2v) is 3.32. The van der Waals surface area contributed by atoms with Gasteiger partial charge in [-0.2, -0.15) is 5.10 Å². The summed E-state index contributed by atoms with van der Waals surface area (Å²) in [7, 11) is 0. The summed E-state index contributed by atoms with van der Waals surface area (Å²) in [6.45, 7) is 3.03. The molecule has 5 heteroatoms. The Hall–Kier alpha value is -1.91. The highest BCUT2D eigenvalue weighted by atomic mass is 15.3. The van der Waals surface area contributed by atoms with E-state index in [1.165, 1.54) is 6.20 Å². The average molecular weight is 203 g/mol. The molecule has 0 aliphatic heterocycles. The van der Waals surface area contributed by atoms with Crippen molar-refractivity contribution in [2.24, 2.45) is 0 Å². The summed E-state index contributed by atoms with van der Waals surface area (Å²) in [5, 5.41) is 4.22. The number of nitrogens with zero attached hydrogens (tertiary/aromatic N) is 4. The number of nitrogens with two attached hydrogens (primary N) is 1. The first kappa shape index (κ1) is 9.64. The molecule has 0 radical (unpaired) electrons. The van der Waals surface area contributed by atoms with Gasteiger partial charge in [-0.25, -0.2) is 4.98 Å². The summed E-state index contributed by atoms with van der Waals surface area (Å²) in [4.78, 5) is 8.17. The number of anilines is 1. The molecule has 0 unspecified atom stereocenters. The van der Waals surface area contributed by atoms with Crippen LogP contribution in [0.5, 0.6) is 0 Å². The molecule has 2 heterocycles. The lowest BCUT2D eigenvalue weighted by atomic mass is 10.3. The SMILES string of the molecule is CCCn1cc(-c2cncc(N)n2)cn1. The Labute approximate surface area is 88.0 Å². The van der Waals surface area contributed by atoms with E-state index in [9.17, 15) is 0 Å². The van der Waals surface area contributed by atoms with E-state index in [1.54, 1.807) is 12.4 Å². The highest BCUT2D eigenvalue weighted by Crippen LogP contribution is 2.15.